The van der Waals surface area contributed by atoms with E-state index in [9.17, 15) is 14.4 Å². The predicted octanol–water partition coefficient (Wildman–Crippen LogP) is 0.993. The fourth-order valence-electron chi connectivity index (χ4n) is 4.42. The van der Waals surface area contributed by atoms with Gasteiger partial charge in [0.05, 0.1) is 6.33 Å². The van der Waals surface area contributed by atoms with E-state index in [0.717, 1.165) is 36.4 Å². The average Bonchev–Trinajstić information content (AvgIpc) is 3.23. The van der Waals surface area contributed by atoms with Gasteiger partial charge in [0.2, 0.25) is 11.9 Å². The molecule has 1 amide bonds. The highest BCUT2D eigenvalue weighted by Gasteiger charge is 2.45. The van der Waals surface area contributed by atoms with Gasteiger partial charge in [-0.3, -0.25) is 19.1 Å². The molecule has 3 atom stereocenters. The molecule has 4 aromatic heterocycles. The van der Waals surface area contributed by atoms with Gasteiger partial charge >= 0.3 is 5.69 Å². The summed E-state index contributed by atoms with van der Waals surface area (Å²) in [6.07, 6.45) is 6.22. The van der Waals surface area contributed by atoms with Gasteiger partial charge in [0, 0.05) is 43.5 Å². The lowest BCUT2D eigenvalue weighted by atomic mass is 10.3. The maximum atomic E-state index is 12.9. The number of thiazole rings is 1. The lowest BCUT2D eigenvalue weighted by Crippen LogP contribution is -2.31. The predicted molar refractivity (Wildman–Crippen MR) is 126 cm³/mol. The number of nitrogens with one attached hydrogen (secondary N) is 2. The van der Waals surface area contributed by atoms with Crippen molar-refractivity contribution in [1.82, 2.24) is 34.1 Å². The normalized spacial score (nSPS) is 19.9. The summed E-state index contributed by atoms with van der Waals surface area (Å²) >= 11 is 1.38. The van der Waals surface area contributed by atoms with Gasteiger partial charge in [-0.25, -0.2) is 24.7 Å². The number of piperidine rings is 1. The van der Waals surface area contributed by atoms with Gasteiger partial charge in [-0.15, -0.1) is 11.3 Å². The zero-order chi connectivity index (χ0) is 23.6. The van der Waals surface area contributed by atoms with E-state index in [2.05, 4.69) is 35.1 Å². The number of rotatable bonds is 5. The van der Waals surface area contributed by atoms with Crippen LogP contribution >= 0.6 is 11.3 Å². The number of imidazole rings is 1. The number of hydrogen-bond acceptors (Lipinski definition) is 9. The number of carbonyl (C=O) groups excluding carboxylic acids is 1. The van der Waals surface area contributed by atoms with Crippen molar-refractivity contribution in [1.29, 1.82) is 0 Å². The molecule has 2 aliphatic rings. The van der Waals surface area contributed by atoms with Crippen LogP contribution in [0.2, 0.25) is 0 Å². The highest BCUT2D eigenvalue weighted by molar-refractivity contribution is 7.13. The van der Waals surface area contributed by atoms with E-state index in [0.29, 0.717) is 10.8 Å². The number of aryl methyl sites for hydroxylation is 1. The second-order valence-corrected chi connectivity index (χ2v) is 9.64. The Kier molecular flexibility index (Phi) is 4.62. The Morgan fingerprint density at radius 3 is 2.68 bits per heavy atom. The molecule has 2 N–H and O–H groups in total. The highest BCUT2D eigenvalue weighted by atomic mass is 32.1. The van der Waals surface area contributed by atoms with Crippen molar-refractivity contribution >= 4 is 40.2 Å². The van der Waals surface area contributed by atoms with Crippen LogP contribution < -0.4 is 21.5 Å². The van der Waals surface area contributed by atoms with Gasteiger partial charge in [0.15, 0.2) is 11.2 Å². The number of amides is 1. The van der Waals surface area contributed by atoms with Crippen LogP contribution in [-0.4, -0.2) is 53.1 Å². The minimum Gasteiger partial charge on any atom is -0.340 e. The number of aromatic nitrogens is 7. The Labute approximate surface area is 196 Å². The standard InChI is InChI=1S/C21H21N9O3S/c1-10(30-9-24-16-15(30)18(32)27-21(33)28(16)2)17(31)25-14-8-34-19(26-14)13-4-22-20(23-5-13)29-6-11-3-12(11)7-29/h4-5,8-12H,3,6-7H2,1-2H3,(H,25,31)(H,27,32,33)/t10-,11?,12?/m0/s1. The molecule has 0 bridgehead atoms. The number of aromatic amines is 1. The van der Waals surface area contributed by atoms with Crippen molar-refractivity contribution in [3.8, 4) is 10.6 Å². The molecule has 5 heterocycles. The lowest BCUT2D eigenvalue weighted by Gasteiger charge is -2.17. The summed E-state index contributed by atoms with van der Waals surface area (Å²) in [4.78, 5) is 59.1. The molecule has 1 aliphatic heterocycles. The fraction of sp³-hybridized carbons (Fsp3) is 0.381. The smallest absolute Gasteiger partial charge is 0.329 e. The molecule has 0 spiro atoms. The van der Waals surface area contributed by atoms with Crippen molar-refractivity contribution in [3.63, 3.8) is 0 Å². The number of anilines is 2. The van der Waals surface area contributed by atoms with Gasteiger partial charge in [-0.1, -0.05) is 0 Å². The molecule has 0 aromatic carbocycles. The SMILES string of the molecule is C[C@@H](C(=O)Nc1csc(-c2cnc(N3CC4CC4C3)nc2)n1)n1cnc2c1c(=O)[nH]c(=O)n2C. The molecule has 6 rings (SSSR count). The van der Waals surface area contributed by atoms with E-state index in [1.807, 2.05) is 0 Å². The molecule has 1 aliphatic carbocycles. The van der Waals surface area contributed by atoms with Crippen molar-refractivity contribution in [3.05, 3.63) is 44.9 Å². The third-order valence-corrected chi connectivity index (χ3v) is 7.42. The Morgan fingerprint density at radius 1 is 1.21 bits per heavy atom. The highest BCUT2D eigenvalue weighted by Crippen LogP contribution is 2.45. The summed E-state index contributed by atoms with van der Waals surface area (Å²) in [5.41, 5.74) is -0.0285. The van der Waals surface area contributed by atoms with Crippen LogP contribution in [0.25, 0.3) is 21.7 Å². The number of carbonyl (C=O) groups is 1. The van der Waals surface area contributed by atoms with E-state index in [4.69, 9.17) is 0 Å². The third-order valence-electron chi connectivity index (χ3n) is 6.53. The van der Waals surface area contributed by atoms with E-state index in [1.165, 1.54) is 40.3 Å². The molecule has 12 nitrogen and oxygen atoms in total. The quantitative estimate of drug-likeness (QED) is 0.431. The van der Waals surface area contributed by atoms with E-state index < -0.39 is 17.3 Å². The van der Waals surface area contributed by atoms with E-state index >= 15 is 0 Å². The van der Waals surface area contributed by atoms with Crippen LogP contribution in [0.4, 0.5) is 11.8 Å². The Morgan fingerprint density at radius 2 is 1.94 bits per heavy atom. The summed E-state index contributed by atoms with van der Waals surface area (Å²) in [5.74, 6) is 2.38. The maximum Gasteiger partial charge on any atom is 0.329 e. The molecule has 13 heteroatoms. The van der Waals surface area contributed by atoms with Crippen LogP contribution in [-0.2, 0) is 11.8 Å². The lowest BCUT2D eigenvalue weighted by molar-refractivity contribution is -0.118. The first-order valence-corrected chi connectivity index (χ1v) is 11.8. The molecule has 1 saturated carbocycles. The minimum atomic E-state index is -0.761. The minimum absolute atomic E-state index is 0.149. The third kappa shape index (κ3) is 3.39. The fourth-order valence-corrected chi connectivity index (χ4v) is 5.15. The summed E-state index contributed by atoms with van der Waals surface area (Å²) < 4.78 is 2.66. The molecule has 2 fully saturated rings. The summed E-state index contributed by atoms with van der Waals surface area (Å²) in [6, 6.07) is -0.761. The second kappa shape index (κ2) is 7.58. The van der Waals surface area contributed by atoms with Crippen molar-refractivity contribution in [2.24, 2.45) is 18.9 Å². The topological polar surface area (TPSA) is 144 Å². The second-order valence-electron chi connectivity index (χ2n) is 8.78. The molecule has 4 aromatic rings. The van der Waals surface area contributed by atoms with Gasteiger partial charge in [0.25, 0.3) is 5.56 Å². The first-order valence-electron chi connectivity index (χ1n) is 10.9. The molecule has 0 radical (unpaired) electrons. The van der Waals surface area contributed by atoms with Crippen molar-refractivity contribution < 1.29 is 4.79 Å². The van der Waals surface area contributed by atoms with Crippen LogP contribution in [0.5, 0.6) is 0 Å². The largest absolute Gasteiger partial charge is 0.340 e. The van der Waals surface area contributed by atoms with Gasteiger partial charge in [-0.2, -0.15) is 0 Å². The monoisotopic (exact) mass is 479 g/mol. The maximum absolute atomic E-state index is 12.9. The van der Waals surface area contributed by atoms with Crippen LogP contribution in [0, 0.1) is 11.8 Å². The van der Waals surface area contributed by atoms with Crippen molar-refractivity contribution in [2.75, 3.05) is 23.3 Å². The molecular formula is C21H21N9O3S. The Hall–Kier alpha value is -3.87. The van der Waals surface area contributed by atoms with Crippen molar-refractivity contribution in [2.45, 2.75) is 19.4 Å². The van der Waals surface area contributed by atoms with Crippen LogP contribution in [0.15, 0.2) is 33.7 Å². The summed E-state index contributed by atoms with van der Waals surface area (Å²) in [5, 5.41) is 5.21. The first kappa shape index (κ1) is 20.7. The molecular weight excluding hydrogens is 458 g/mol. The molecule has 34 heavy (non-hydrogen) atoms. The average molecular weight is 480 g/mol. The zero-order valence-electron chi connectivity index (χ0n) is 18.4. The summed E-state index contributed by atoms with van der Waals surface area (Å²) in [7, 11) is 1.50. The Balaban J connectivity index is 1.18. The number of H-pyrrole nitrogens is 1. The first-order chi connectivity index (χ1) is 16.4. The zero-order valence-corrected chi connectivity index (χ0v) is 19.2. The Bertz CT molecular complexity index is 1520. The van der Waals surface area contributed by atoms with Gasteiger partial charge in [-0.05, 0) is 25.2 Å². The number of fused-ring (bicyclic) bond motifs is 2. The number of nitrogens with zero attached hydrogens (tertiary/aromatic N) is 7. The van der Waals surface area contributed by atoms with Crippen LogP contribution in [0.1, 0.15) is 19.4 Å². The molecule has 1 saturated heterocycles. The molecule has 2 unspecified atom stereocenters. The number of hydrogen-bond donors (Lipinski definition) is 2. The molecule has 174 valence electrons. The van der Waals surface area contributed by atoms with Gasteiger partial charge < -0.3 is 14.8 Å². The summed E-state index contributed by atoms with van der Waals surface area (Å²) in [6.45, 7) is 3.71. The van der Waals surface area contributed by atoms with E-state index in [-0.39, 0.29) is 17.1 Å². The van der Waals surface area contributed by atoms with E-state index in [1.54, 1.807) is 24.7 Å². The van der Waals surface area contributed by atoms with Gasteiger partial charge in [0.1, 0.15) is 16.9 Å². The van der Waals surface area contributed by atoms with Crippen LogP contribution in [0.3, 0.4) is 0 Å².